The van der Waals surface area contributed by atoms with Crippen molar-refractivity contribution in [3.63, 3.8) is 0 Å². The van der Waals surface area contributed by atoms with E-state index in [0.717, 1.165) is 10.4 Å². The first kappa shape index (κ1) is 14.1. The van der Waals surface area contributed by atoms with Gasteiger partial charge in [-0.1, -0.05) is 49.6 Å². The molecule has 0 aromatic heterocycles. The zero-order valence-electron chi connectivity index (χ0n) is 13.1. The van der Waals surface area contributed by atoms with Gasteiger partial charge in [-0.05, 0) is 25.3 Å². The van der Waals surface area contributed by atoms with Gasteiger partial charge in [0.2, 0.25) is 0 Å². The van der Waals surface area contributed by atoms with Crippen molar-refractivity contribution in [1.82, 2.24) is 0 Å². The third-order valence-electron chi connectivity index (χ3n) is 5.61. The maximum atomic E-state index is 6.59. The highest BCUT2D eigenvalue weighted by Crippen LogP contribution is 2.44. The summed E-state index contributed by atoms with van der Waals surface area (Å²) in [6.07, 6.45) is 7.49. The number of nitrogens with zero attached hydrogens (tertiary/aromatic N) is 1. The average Bonchev–Trinajstić information content (AvgIpc) is 2.72. The summed E-state index contributed by atoms with van der Waals surface area (Å²) in [4.78, 5) is 0. The number of hydrogen-bond acceptors (Lipinski definition) is 1. The van der Waals surface area contributed by atoms with Gasteiger partial charge in [0.05, 0.1) is 14.1 Å². The summed E-state index contributed by atoms with van der Waals surface area (Å²) in [5.41, 5.74) is 1.34. The van der Waals surface area contributed by atoms with E-state index in [1.807, 2.05) is 0 Å². The van der Waals surface area contributed by atoms with Crippen LogP contribution in [0.1, 0.15) is 50.7 Å². The van der Waals surface area contributed by atoms with Crippen molar-refractivity contribution in [2.24, 2.45) is 5.92 Å². The first-order valence-corrected chi connectivity index (χ1v) is 8.14. The molecule has 1 heterocycles. The summed E-state index contributed by atoms with van der Waals surface area (Å²) in [5, 5.41) is 0. The zero-order chi connectivity index (χ0) is 14.2. The lowest BCUT2D eigenvalue weighted by Crippen LogP contribution is -2.52. The molecule has 0 N–H and O–H groups in total. The van der Waals surface area contributed by atoms with Crippen molar-refractivity contribution < 1.29 is 9.22 Å². The Balaban J connectivity index is 1.83. The molecule has 0 unspecified atom stereocenters. The van der Waals surface area contributed by atoms with Crippen LogP contribution in [0.25, 0.3) is 0 Å². The van der Waals surface area contributed by atoms with E-state index in [1.54, 1.807) is 0 Å². The smallest absolute Gasteiger partial charge is 0.197 e. The maximum absolute atomic E-state index is 6.59. The van der Waals surface area contributed by atoms with E-state index in [2.05, 4.69) is 51.4 Å². The number of benzene rings is 1. The number of hydrogen-bond donors (Lipinski definition) is 0. The Morgan fingerprint density at radius 3 is 2.30 bits per heavy atom. The molecular weight excluding hydrogens is 246 g/mol. The summed E-state index contributed by atoms with van der Waals surface area (Å²) in [5.74, 6) is 0.745. The van der Waals surface area contributed by atoms with E-state index in [4.69, 9.17) is 4.74 Å². The fraction of sp³-hybridized carbons (Fsp3) is 0.667. The first-order chi connectivity index (χ1) is 9.60. The minimum Gasteiger partial charge on any atom is -0.315 e. The van der Waals surface area contributed by atoms with Gasteiger partial charge < -0.3 is 4.74 Å². The normalized spacial score (nSPS) is 34.2. The van der Waals surface area contributed by atoms with Gasteiger partial charge in [0.25, 0.3) is 0 Å². The van der Waals surface area contributed by atoms with E-state index in [-0.39, 0.29) is 6.10 Å². The summed E-state index contributed by atoms with van der Waals surface area (Å²) in [6.45, 7) is 2.35. The molecule has 1 saturated carbocycles. The Kier molecular flexibility index (Phi) is 3.87. The molecule has 1 aliphatic heterocycles. The van der Waals surface area contributed by atoms with Gasteiger partial charge in [-0.25, -0.2) is 0 Å². The van der Waals surface area contributed by atoms with E-state index < -0.39 is 0 Å². The van der Waals surface area contributed by atoms with Crippen molar-refractivity contribution in [3.05, 3.63) is 35.9 Å². The van der Waals surface area contributed by atoms with Gasteiger partial charge in [-0.15, -0.1) is 0 Å². The average molecular weight is 274 g/mol. The lowest BCUT2D eigenvalue weighted by Gasteiger charge is -2.38. The Bertz CT molecular complexity index is 436. The molecular formula is C18H28NO+. The molecule has 2 fully saturated rings. The Hall–Kier alpha value is -0.860. The number of quaternary nitrogens is 1. The van der Waals surface area contributed by atoms with Crippen molar-refractivity contribution in [1.29, 1.82) is 0 Å². The third kappa shape index (κ3) is 2.40. The predicted molar refractivity (Wildman–Crippen MR) is 82.2 cm³/mol. The van der Waals surface area contributed by atoms with Crippen LogP contribution in [0.2, 0.25) is 0 Å². The SMILES string of the molecule is C[C@H]1[C@@H](c2ccccc2)O[C@@H](C2CCCCC2)[N+]1(C)C. The number of rotatable bonds is 2. The highest BCUT2D eigenvalue weighted by molar-refractivity contribution is 5.19. The van der Waals surface area contributed by atoms with Crippen LogP contribution in [0, 0.1) is 5.92 Å². The third-order valence-corrected chi connectivity index (χ3v) is 5.61. The molecule has 110 valence electrons. The Morgan fingerprint density at radius 1 is 1.00 bits per heavy atom. The first-order valence-electron chi connectivity index (χ1n) is 8.14. The predicted octanol–water partition coefficient (Wildman–Crippen LogP) is 4.13. The van der Waals surface area contributed by atoms with Crippen molar-refractivity contribution >= 4 is 0 Å². The van der Waals surface area contributed by atoms with E-state index >= 15 is 0 Å². The minimum atomic E-state index is 0.248. The molecule has 2 heteroatoms. The molecule has 3 rings (SSSR count). The lowest BCUT2D eigenvalue weighted by molar-refractivity contribution is -0.938. The van der Waals surface area contributed by atoms with Crippen LogP contribution in [0.4, 0.5) is 0 Å². The second-order valence-electron chi connectivity index (χ2n) is 7.13. The quantitative estimate of drug-likeness (QED) is 0.737. The van der Waals surface area contributed by atoms with Gasteiger partial charge in [-0.2, -0.15) is 0 Å². The number of ether oxygens (including phenoxy) is 1. The van der Waals surface area contributed by atoms with Gasteiger partial charge in [0.15, 0.2) is 6.23 Å². The summed E-state index contributed by atoms with van der Waals surface area (Å²) in [6, 6.07) is 11.3. The number of likely N-dealkylation sites (N-methyl/N-ethyl adjacent to an activating group) is 1. The summed E-state index contributed by atoms with van der Waals surface area (Å²) < 4.78 is 7.59. The largest absolute Gasteiger partial charge is 0.315 e. The molecule has 0 spiro atoms. The minimum absolute atomic E-state index is 0.248. The fourth-order valence-electron chi connectivity index (χ4n) is 4.08. The monoisotopic (exact) mass is 274 g/mol. The van der Waals surface area contributed by atoms with Crippen LogP contribution in [0.3, 0.4) is 0 Å². The van der Waals surface area contributed by atoms with Gasteiger partial charge >= 0.3 is 0 Å². The molecule has 3 atom stereocenters. The molecule has 1 aromatic rings. The molecule has 2 aliphatic rings. The molecule has 0 bridgehead atoms. The van der Waals surface area contributed by atoms with Crippen LogP contribution in [-0.2, 0) is 4.74 Å². The molecule has 1 aliphatic carbocycles. The van der Waals surface area contributed by atoms with E-state index in [1.165, 1.54) is 37.7 Å². The zero-order valence-corrected chi connectivity index (χ0v) is 13.1. The lowest BCUT2D eigenvalue weighted by atomic mass is 9.87. The van der Waals surface area contributed by atoms with Crippen molar-refractivity contribution in [2.75, 3.05) is 14.1 Å². The highest BCUT2D eigenvalue weighted by Gasteiger charge is 2.51. The molecule has 0 amide bonds. The van der Waals surface area contributed by atoms with Crippen LogP contribution in [0.15, 0.2) is 30.3 Å². The molecule has 2 nitrogen and oxygen atoms in total. The van der Waals surface area contributed by atoms with Gasteiger partial charge in [0, 0.05) is 5.92 Å². The van der Waals surface area contributed by atoms with Crippen LogP contribution < -0.4 is 0 Å². The second kappa shape index (κ2) is 5.50. The van der Waals surface area contributed by atoms with Crippen LogP contribution in [0.5, 0.6) is 0 Å². The van der Waals surface area contributed by atoms with Gasteiger partial charge in [-0.3, -0.25) is 4.48 Å². The molecule has 0 radical (unpaired) electrons. The molecule has 1 saturated heterocycles. The van der Waals surface area contributed by atoms with Crippen LogP contribution >= 0.6 is 0 Å². The molecule has 1 aromatic carbocycles. The Morgan fingerprint density at radius 2 is 1.65 bits per heavy atom. The van der Waals surface area contributed by atoms with E-state index in [9.17, 15) is 0 Å². The highest BCUT2D eigenvalue weighted by atomic mass is 16.5. The summed E-state index contributed by atoms with van der Waals surface area (Å²) >= 11 is 0. The molecule has 20 heavy (non-hydrogen) atoms. The topological polar surface area (TPSA) is 9.23 Å². The second-order valence-corrected chi connectivity index (χ2v) is 7.13. The fourth-order valence-corrected chi connectivity index (χ4v) is 4.08. The van der Waals surface area contributed by atoms with Crippen molar-refractivity contribution in [3.8, 4) is 0 Å². The van der Waals surface area contributed by atoms with E-state index in [0.29, 0.717) is 12.3 Å². The standard InChI is InChI=1S/C18H28NO/c1-14-17(15-10-6-4-7-11-15)20-18(19(14,2)3)16-12-8-5-9-13-16/h4,6-7,10-11,14,16-18H,5,8-9,12-13H2,1-3H3/q+1/t14-,17-,18-/m0/s1. The Labute approximate surface area is 123 Å². The van der Waals surface area contributed by atoms with Crippen LogP contribution in [-0.4, -0.2) is 30.8 Å². The van der Waals surface area contributed by atoms with Gasteiger partial charge in [0.1, 0.15) is 12.1 Å². The van der Waals surface area contributed by atoms with Crippen molar-refractivity contribution in [2.45, 2.75) is 57.4 Å². The summed E-state index contributed by atoms with van der Waals surface area (Å²) in [7, 11) is 4.71. The maximum Gasteiger partial charge on any atom is 0.197 e.